The van der Waals surface area contributed by atoms with Gasteiger partial charge >= 0.3 is 0 Å². The smallest absolute Gasteiger partial charge is 0.296 e. The van der Waals surface area contributed by atoms with Gasteiger partial charge in [0.05, 0.1) is 28.1 Å². The van der Waals surface area contributed by atoms with E-state index in [9.17, 15) is 14.7 Å². The molecule has 7 heteroatoms. The summed E-state index contributed by atoms with van der Waals surface area (Å²) in [4.78, 5) is 32.8. The molecule has 166 valence electrons. The van der Waals surface area contributed by atoms with Gasteiger partial charge in [-0.15, -0.1) is 0 Å². The predicted octanol–water partition coefficient (Wildman–Crippen LogP) is 5.85. The average molecular weight is 459 g/mol. The minimum absolute atomic E-state index is 0.00800. The second-order valence-corrected chi connectivity index (χ2v) is 9.18. The summed E-state index contributed by atoms with van der Waals surface area (Å²) in [5.74, 6) is -1.68. The molecular weight excluding hydrogens is 436 g/mol. The number of amides is 1. The molecule has 2 aromatic carbocycles. The number of benzene rings is 2. The second-order valence-electron chi connectivity index (χ2n) is 8.17. The summed E-state index contributed by atoms with van der Waals surface area (Å²) in [7, 11) is 0. The molecule has 0 saturated heterocycles. The highest BCUT2D eigenvalue weighted by Gasteiger charge is 2.46. The molecule has 0 fully saturated rings. The third-order valence-electron chi connectivity index (χ3n) is 5.93. The summed E-state index contributed by atoms with van der Waals surface area (Å²) < 4.78 is 6.24. The van der Waals surface area contributed by atoms with Crippen molar-refractivity contribution in [2.75, 3.05) is 4.90 Å². The number of nitrogens with zero attached hydrogens (tertiary/aromatic N) is 2. The maximum absolute atomic E-state index is 13.3. The van der Waals surface area contributed by atoms with Crippen molar-refractivity contribution in [3.8, 4) is 0 Å². The molecule has 6 nitrogen and oxygen atoms in total. The van der Waals surface area contributed by atoms with Crippen LogP contribution in [0.2, 0.25) is 0 Å². The van der Waals surface area contributed by atoms with Gasteiger partial charge in [0.25, 0.3) is 5.91 Å². The quantitative estimate of drug-likeness (QED) is 0.379. The standard InChI is InChI=1S/C26H22N2O4S/c1-4-16-7-9-17(10-8-16)22-20(23(29)18-6-5-11-32-18)24(30)25(31)28(22)26-27-21-15(3)12-14(2)13-19(21)33-26/h5-13,22,30H,4H2,1-3H3. The van der Waals surface area contributed by atoms with E-state index in [1.54, 1.807) is 6.07 Å². The van der Waals surface area contributed by atoms with Crippen LogP contribution in [0.4, 0.5) is 5.13 Å². The first-order chi connectivity index (χ1) is 15.9. The fraction of sp³-hybridized carbons (Fsp3) is 0.192. The van der Waals surface area contributed by atoms with Gasteiger partial charge in [-0.2, -0.15) is 0 Å². The number of fused-ring (bicyclic) bond motifs is 1. The molecule has 0 saturated carbocycles. The lowest BCUT2D eigenvalue weighted by Gasteiger charge is -2.24. The Morgan fingerprint density at radius 3 is 2.61 bits per heavy atom. The van der Waals surface area contributed by atoms with Crippen molar-refractivity contribution >= 4 is 38.4 Å². The Morgan fingerprint density at radius 2 is 1.94 bits per heavy atom. The maximum Gasteiger partial charge on any atom is 0.296 e. The van der Waals surface area contributed by atoms with Gasteiger partial charge in [-0.1, -0.05) is 48.6 Å². The van der Waals surface area contributed by atoms with E-state index in [0.717, 1.165) is 33.3 Å². The number of carbonyl (C=O) groups excluding carboxylic acids is 2. The van der Waals surface area contributed by atoms with Crippen LogP contribution in [0, 0.1) is 13.8 Å². The minimum Gasteiger partial charge on any atom is -0.503 e. The first kappa shape index (κ1) is 21.2. The number of anilines is 1. The van der Waals surface area contributed by atoms with Crippen LogP contribution in [-0.2, 0) is 11.2 Å². The largest absolute Gasteiger partial charge is 0.503 e. The normalized spacial score (nSPS) is 16.3. The number of thiazole rings is 1. The van der Waals surface area contributed by atoms with E-state index in [-0.39, 0.29) is 11.3 Å². The highest BCUT2D eigenvalue weighted by atomic mass is 32.1. The van der Waals surface area contributed by atoms with Crippen LogP contribution in [0.25, 0.3) is 10.2 Å². The molecule has 1 N–H and O–H groups in total. The number of ketones is 1. The van der Waals surface area contributed by atoms with Crippen LogP contribution >= 0.6 is 11.3 Å². The number of carbonyl (C=O) groups is 2. The summed E-state index contributed by atoms with van der Waals surface area (Å²) in [6.45, 7) is 6.05. The van der Waals surface area contributed by atoms with Gasteiger partial charge in [-0.3, -0.25) is 14.5 Å². The number of hydrogen-bond donors (Lipinski definition) is 1. The first-order valence-electron chi connectivity index (χ1n) is 10.7. The molecular formula is C26H22N2O4S. The van der Waals surface area contributed by atoms with Crippen LogP contribution in [0.1, 0.15) is 45.8 Å². The fourth-order valence-corrected chi connectivity index (χ4v) is 5.46. The lowest BCUT2D eigenvalue weighted by Crippen LogP contribution is -2.31. The summed E-state index contributed by atoms with van der Waals surface area (Å²) in [5, 5.41) is 11.3. The highest BCUT2D eigenvalue weighted by molar-refractivity contribution is 7.22. The highest BCUT2D eigenvalue weighted by Crippen LogP contribution is 2.44. The number of hydrogen-bond acceptors (Lipinski definition) is 6. The first-order valence-corrected chi connectivity index (χ1v) is 11.5. The van der Waals surface area contributed by atoms with Crippen LogP contribution in [0.15, 0.2) is 70.5 Å². The molecule has 2 aromatic heterocycles. The van der Waals surface area contributed by atoms with Crippen LogP contribution in [0.3, 0.4) is 0 Å². The van der Waals surface area contributed by atoms with Crippen molar-refractivity contribution in [1.82, 2.24) is 4.98 Å². The topological polar surface area (TPSA) is 83.6 Å². The molecule has 0 bridgehead atoms. The molecule has 1 unspecified atom stereocenters. The molecule has 1 atom stereocenters. The zero-order valence-corrected chi connectivity index (χ0v) is 19.3. The third-order valence-corrected chi connectivity index (χ3v) is 6.93. The molecule has 0 aliphatic carbocycles. The molecule has 0 spiro atoms. The van der Waals surface area contributed by atoms with E-state index in [4.69, 9.17) is 9.40 Å². The molecule has 1 aliphatic rings. The van der Waals surface area contributed by atoms with E-state index >= 15 is 0 Å². The van der Waals surface area contributed by atoms with E-state index in [1.165, 1.54) is 28.6 Å². The Hall–Kier alpha value is -3.71. The molecule has 5 rings (SSSR count). The summed E-state index contributed by atoms with van der Waals surface area (Å²) in [6.07, 6.45) is 2.26. The zero-order valence-electron chi connectivity index (χ0n) is 18.5. The Labute approximate surface area is 194 Å². The van der Waals surface area contributed by atoms with Gasteiger partial charge < -0.3 is 9.52 Å². The Morgan fingerprint density at radius 1 is 1.18 bits per heavy atom. The Kier molecular flexibility index (Phi) is 5.13. The van der Waals surface area contributed by atoms with Crippen molar-refractivity contribution in [2.45, 2.75) is 33.2 Å². The molecule has 4 aromatic rings. The lowest BCUT2D eigenvalue weighted by molar-refractivity contribution is -0.117. The number of aromatic nitrogens is 1. The number of Topliss-reactive ketones (excluding diaryl/α,β-unsaturated/α-hetero) is 1. The fourth-order valence-electron chi connectivity index (χ4n) is 4.29. The third kappa shape index (κ3) is 3.45. The Bertz CT molecular complexity index is 1410. The number of aliphatic hydroxyl groups is 1. The van der Waals surface area contributed by atoms with Crippen molar-refractivity contribution < 1.29 is 19.1 Å². The average Bonchev–Trinajstić information content (AvgIpc) is 3.53. The van der Waals surface area contributed by atoms with Gasteiger partial charge in [0.2, 0.25) is 5.78 Å². The van der Waals surface area contributed by atoms with E-state index in [0.29, 0.717) is 10.7 Å². The molecule has 33 heavy (non-hydrogen) atoms. The van der Waals surface area contributed by atoms with Gasteiger partial charge in [0, 0.05) is 0 Å². The zero-order chi connectivity index (χ0) is 23.3. The van der Waals surface area contributed by atoms with Gasteiger partial charge in [-0.05, 0) is 60.7 Å². The summed E-state index contributed by atoms with van der Waals surface area (Å²) >= 11 is 1.37. The predicted molar refractivity (Wildman–Crippen MR) is 128 cm³/mol. The number of furan rings is 1. The Balaban J connectivity index is 1.69. The lowest BCUT2D eigenvalue weighted by atomic mass is 9.94. The van der Waals surface area contributed by atoms with Crippen molar-refractivity contribution in [2.24, 2.45) is 0 Å². The SMILES string of the molecule is CCc1ccc(C2C(C(=O)c3ccco3)=C(O)C(=O)N2c2nc3c(C)cc(C)cc3s2)cc1. The minimum atomic E-state index is -0.817. The maximum atomic E-state index is 13.3. The van der Waals surface area contributed by atoms with Gasteiger partial charge in [0.1, 0.15) is 0 Å². The molecule has 1 amide bonds. The van der Waals surface area contributed by atoms with Crippen molar-refractivity contribution in [3.63, 3.8) is 0 Å². The molecule has 3 heterocycles. The molecule has 0 radical (unpaired) electrons. The number of rotatable bonds is 5. The number of aliphatic hydroxyl groups excluding tert-OH is 1. The second kappa shape index (κ2) is 8.01. The van der Waals surface area contributed by atoms with Crippen molar-refractivity contribution in [3.05, 3.63) is 94.1 Å². The molecule has 1 aliphatic heterocycles. The van der Waals surface area contributed by atoms with E-state index in [2.05, 4.69) is 6.92 Å². The monoisotopic (exact) mass is 458 g/mol. The van der Waals surface area contributed by atoms with Crippen molar-refractivity contribution in [1.29, 1.82) is 0 Å². The van der Waals surface area contributed by atoms with E-state index in [1.807, 2.05) is 50.2 Å². The summed E-state index contributed by atoms with van der Waals surface area (Å²) in [5.41, 5.74) is 4.75. The summed E-state index contributed by atoms with van der Waals surface area (Å²) in [6, 6.07) is 14.1. The number of aryl methyl sites for hydroxylation is 3. The van der Waals surface area contributed by atoms with Crippen LogP contribution in [0.5, 0.6) is 0 Å². The van der Waals surface area contributed by atoms with Crippen LogP contribution < -0.4 is 4.90 Å². The van der Waals surface area contributed by atoms with Gasteiger partial charge in [0.15, 0.2) is 16.7 Å². The van der Waals surface area contributed by atoms with Gasteiger partial charge in [-0.25, -0.2) is 4.98 Å². The van der Waals surface area contributed by atoms with Crippen LogP contribution in [-0.4, -0.2) is 21.8 Å². The van der Waals surface area contributed by atoms with E-state index < -0.39 is 23.5 Å².